The van der Waals surface area contributed by atoms with E-state index in [0.717, 1.165) is 12.1 Å². The molecule has 3 rings (SSSR count). The Morgan fingerprint density at radius 3 is 1.78 bits per heavy atom. The first-order chi connectivity index (χ1) is 8.93. The van der Waals surface area contributed by atoms with Crippen LogP contribution in [0, 0.1) is 0 Å². The second kappa shape index (κ2) is 6.36. The van der Waals surface area contributed by atoms with Crippen LogP contribution in [-0.2, 0) is 0 Å². The normalized spacial score (nSPS) is 30.7. The summed E-state index contributed by atoms with van der Waals surface area (Å²) in [6.45, 7) is 7.76. The van der Waals surface area contributed by atoms with Crippen LogP contribution in [0.25, 0.3) is 0 Å². The maximum atomic E-state index is 3.41. The van der Waals surface area contributed by atoms with E-state index >= 15 is 0 Å². The van der Waals surface area contributed by atoms with Crippen LogP contribution in [0.15, 0.2) is 0 Å². The fourth-order valence-electron chi connectivity index (χ4n) is 3.84. The highest BCUT2D eigenvalue weighted by molar-refractivity contribution is 4.87. The molecule has 0 radical (unpaired) electrons. The molecule has 0 unspecified atom stereocenters. The lowest BCUT2D eigenvalue weighted by atomic mass is 10.1. The van der Waals surface area contributed by atoms with Gasteiger partial charge in [0.25, 0.3) is 0 Å². The summed E-state index contributed by atoms with van der Waals surface area (Å²) in [6, 6.07) is 1.76. The molecule has 3 aliphatic rings. The van der Waals surface area contributed by atoms with E-state index in [1.54, 1.807) is 0 Å². The molecule has 2 heterocycles. The van der Waals surface area contributed by atoms with Gasteiger partial charge in [-0.15, -0.1) is 0 Å². The zero-order valence-corrected chi connectivity index (χ0v) is 11.7. The van der Waals surface area contributed by atoms with E-state index in [-0.39, 0.29) is 0 Å². The van der Waals surface area contributed by atoms with Gasteiger partial charge in [0.1, 0.15) is 0 Å². The fourth-order valence-corrected chi connectivity index (χ4v) is 3.84. The minimum atomic E-state index is 0.846. The Morgan fingerprint density at radius 1 is 0.611 bits per heavy atom. The Morgan fingerprint density at radius 2 is 1.22 bits per heavy atom. The molecule has 3 nitrogen and oxygen atoms in total. The number of hydrogen-bond donors (Lipinski definition) is 1. The number of rotatable bonds is 2. The van der Waals surface area contributed by atoms with E-state index < -0.39 is 0 Å². The second-order valence-corrected chi connectivity index (χ2v) is 6.38. The average Bonchev–Trinajstić information content (AvgIpc) is 2.68. The summed E-state index contributed by atoms with van der Waals surface area (Å²) in [5.74, 6) is 0. The summed E-state index contributed by atoms with van der Waals surface area (Å²) in [7, 11) is 0. The van der Waals surface area contributed by atoms with Crippen molar-refractivity contribution in [2.45, 2.75) is 57.0 Å². The highest BCUT2D eigenvalue weighted by Gasteiger charge is 2.28. The zero-order valence-electron chi connectivity index (χ0n) is 11.7. The van der Waals surface area contributed by atoms with Crippen molar-refractivity contribution in [2.24, 2.45) is 0 Å². The van der Waals surface area contributed by atoms with Gasteiger partial charge in [0.15, 0.2) is 0 Å². The van der Waals surface area contributed by atoms with Crippen molar-refractivity contribution in [3.8, 4) is 0 Å². The average molecular weight is 251 g/mol. The van der Waals surface area contributed by atoms with Crippen LogP contribution < -0.4 is 5.32 Å². The first kappa shape index (κ1) is 12.9. The topological polar surface area (TPSA) is 18.5 Å². The molecule has 1 N–H and O–H groups in total. The summed E-state index contributed by atoms with van der Waals surface area (Å²) in [4.78, 5) is 5.55. The summed E-state index contributed by atoms with van der Waals surface area (Å²) in [6.07, 6.45) is 10.2. The molecule has 3 heteroatoms. The third-order valence-corrected chi connectivity index (χ3v) is 5.18. The van der Waals surface area contributed by atoms with Crippen molar-refractivity contribution < 1.29 is 0 Å². The van der Waals surface area contributed by atoms with Gasteiger partial charge in [-0.2, -0.15) is 0 Å². The van der Waals surface area contributed by atoms with Crippen LogP contribution in [-0.4, -0.2) is 61.2 Å². The molecule has 2 aliphatic heterocycles. The van der Waals surface area contributed by atoms with Crippen LogP contribution in [0.4, 0.5) is 0 Å². The molecule has 2 saturated heterocycles. The summed E-state index contributed by atoms with van der Waals surface area (Å²) < 4.78 is 0. The minimum Gasteiger partial charge on any atom is -0.314 e. The maximum Gasteiger partial charge on any atom is 0.0345 e. The highest BCUT2D eigenvalue weighted by atomic mass is 15.3. The van der Waals surface area contributed by atoms with Crippen LogP contribution in [0.3, 0.4) is 0 Å². The number of nitrogens with one attached hydrogen (secondary N) is 1. The van der Waals surface area contributed by atoms with E-state index in [2.05, 4.69) is 15.1 Å². The molecular weight excluding hydrogens is 222 g/mol. The van der Waals surface area contributed by atoms with Gasteiger partial charge >= 0.3 is 0 Å². The zero-order chi connectivity index (χ0) is 12.2. The second-order valence-electron chi connectivity index (χ2n) is 6.38. The van der Waals surface area contributed by atoms with E-state index in [1.165, 1.54) is 84.2 Å². The third-order valence-electron chi connectivity index (χ3n) is 5.18. The number of nitrogens with zero attached hydrogens (tertiary/aromatic N) is 2. The Kier molecular flexibility index (Phi) is 4.55. The van der Waals surface area contributed by atoms with Crippen molar-refractivity contribution in [3.05, 3.63) is 0 Å². The van der Waals surface area contributed by atoms with Crippen LogP contribution in [0.2, 0.25) is 0 Å². The lowest BCUT2D eigenvalue weighted by Crippen LogP contribution is -2.57. The molecule has 1 saturated carbocycles. The van der Waals surface area contributed by atoms with Crippen molar-refractivity contribution in [1.29, 1.82) is 0 Å². The SMILES string of the molecule is C1CCCC(N2CCCN(C3CNC3)CC2)CC1. The van der Waals surface area contributed by atoms with Crippen LogP contribution >= 0.6 is 0 Å². The first-order valence-electron chi connectivity index (χ1n) is 8.12. The largest absolute Gasteiger partial charge is 0.314 e. The Balaban J connectivity index is 1.50. The predicted molar refractivity (Wildman–Crippen MR) is 75.9 cm³/mol. The summed E-state index contributed by atoms with van der Waals surface area (Å²) in [5, 5.41) is 3.41. The maximum absolute atomic E-state index is 3.41. The third kappa shape index (κ3) is 3.06. The Hall–Kier alpha value is -0.120. The van der Waals surface area contributed by atoms with Gasteiger partial charge < -0.3 is 5.32 Å². The van der Waals surface area contributed by atoms with Crippen molar-refractivity contribution >= 4 is 0 Å². The molecule has 1 aliphatic carbocycles. The van der Waals surface area contributed by atoms with Gasteiger partial charge in [0, 0.05) is 38.3 Å². The quantitative estimate of drug-likeness (QED) is 0.754. The fraction of sp³-hybridized carbons (Fsp3) is 1.00. The van der Waals surface area contributed by atoms with Crippen molar-refractivity contribution in [2.75, 3.05) is 39.3 Å². The van der Waals surface area contributed by atoms with Crippen molar-refractivity contribution in [3.63, 3.8) is 0 Å². The van der Waals surface area contributed by atoms with Gasteiger partial charge in [0.05, 0.1) is 0 Å². The molecule has 0 aromatic rings. The molecule has 0 bridgehead atoms. The van der Waals surface area contributed by atoms with E-state index in [4.69, 9.17) is 0 Å². The lowest BCUT2D eigenvalue weighted by molar-refractivity contribution is 0.138. The predicted octanol–water partition coefficient (Wildman–Crippen LogP) is 1.69. The molecular formula is C15H29N3. The monoisotopic (exact) mass is 251 g/mol. The number of hydrogen-bond acceptors (Lipinski definition) is 3. The Bertz CT molecular complexity index is 244. The molecule has 0 aromatic heterocycles. The summed E-state index contributed by atoms with van der Waals surface area (Å²) >= 11 is 0. The standard InChI is InChI=1S/C15H29N3/c1-2-4-7-14(6-3-1)17-8-5-9-18(11-10-17)15-12-16-13-15/h14-16H,1-13H2. The van der Waals surface area contributed by atoms with E-state index in [1.807, 2.05) is 0 Å². The van der Waals surface area contributed by atoms with Gasteiger partial charge in [0.2, 0.25) is 0 Å². The van der Waals surface area contributed by atoms with Gasteiger partial charge in [-0.25, -0.2) is 0 Å². The van der Waals surface area contributed by atoms with Gasteiger partial charge in [-0.05, 0) is 32.4 Å². The molecule has 0 atom stereocenters. The van der Waals surface area contributed by atoms with Crippen molar-refractivity contribution in [1.82, 2.24) is 15.1 Å². The van der Waals surface area contributed by atoms with E-state index in [0.29, 0.717) is 0 Å². The molecule has 0 amide bonds. The van der Waals surface area contributed by atoms with Gasteiger partial charge in [-0.3, -0.25) is 9.80 Å². The Labute approximate surface area is 112 Å². The molecule has 18 heavy (non-hydrogen) atoms. The molecule has 104 valence electrons. The minimum absolute atomic E-state index is 0.846. The van der Waals surface area contributed by atoms with Crippen LogP contribution in [0.5, 0.6) is 0 Å². The molecule has 0 spiro atoms. The summed E-state index contributed by atoms with van der Waals surface area (Å²) in [5.41, 5.74) is 0. The first-order valence-corrected chi connectivity index (χ1v) is 8.12. The van der Waals surface area contributed by atoms with E-state index in [9.17, 15) is 0 Å². The lowest BCUT2D eigenvalue weighted by Gasteiger charge is -2.37. The molecule has 0 aromatic carbocycles. The van der Waals surface area contributed by atoms with Gasteiger partial charge in [-0.1, -0.05) is 25.7 Å². The highest BCUT2D eigenvalue weighted by Crippen LogP contribution is 2.23. The smallest absolute Gasteiger partial charge is 0.0345 e. The van der Waals surface area contributed by atoms with Crippen LogP contribution in [0.1, 0.15) is 44.9 Å². The molecule has 3 fully saturated rings.